The fourth-order valence-corrected chi connectivity index (χ4v) is 1.94. The summed E-state index contributed by atoms with van der Waals surface area (Å²) in [5.41, 5.74) is 1.60. The van der Waals surface area contributed by atoms with Crippen LogP contribution >= 0.6 is 0 Å². The van der Waals surface area contributed by atoms with E-state index in [1.807, 2.05) is 31.2 Å². The first kappa shape index (κ1) is 15.7. The molecule has 0 atom stereocenters. The van der Waals surface area contributed by atoms with E-state index in [0.717, 1.165) is 23.4 Å². The first-order valence-corrected chi connectivity index (χ1v) is 6.97. The van der Waals surface area contributed by atoms with Gasteiger partial charge in [-0.05, 0) is 31.2 Å². The van der Waals surface area contributed by atoms with Crippen LogP contribution in [-0.4, -0.2) is 15.2 Å². The third kappa shape index (κ3) is 3.43. The highest BCUT2D eigenvalue weighted by Gasteiger charge is 2.14. The molecule has 5 nitrogen and oxygen atoms in total. The van der Waals surface area contributed by atoms with Crippen molar-refractivity contribution in [2.24, 2.45) is 0 Å². The Hall–Kier alpha value is -3.16. The third-order valence-corrected chi connectivity index (χ3v) is 3.16. The Balaban J connectivity index is 1.80. The van der Waals surface area contributed by atoms with Crippen LogP contribution in [0.15, 0.2) is 42.6 Å². The molecule has 0 aliphatic rings. The maximum Gasteiger partial charge on any atom is 0.249 e. The van der Waals surface area contributed by atoms with Crippen LogP contribution in [0, 0.1) is 24.4 Å². The molecule has 0 saturated heterocycles. The first-order valence-electron chi connectivity index (χ1n) is 6.97. The quantitative estimate of drug-likeness (QED) is 0.705. The minimum atomic E-state index is -1.56. The van der Waals surface area contributed by atoms with Crippen LogP contribution in [0.5, 0.6) is 0 Å². The molecule has 0 amide bonds. The molecule has 0 spiro atoms. The molecule has 1 aromatic heterocycles. The lowest BCUT2D eigenvalue weighted by atomic mass is 10.2. The van der Waals surface area contributed by atoms with E-state index in [9.17, 15) is 13.2 Å². The Labute approximate surface area is 135 Å². The zero-order valence-electron chi connectivity index (χ0n) is 12.5. The molecule has 0 radical (unpaired) electrons. The average molecular weight is 331 g/mol. The van der Waals surface area contributed by atoms with Gasteiger partial charge in [-0.3, -0.25) is 0 Å². The van der Waals surface area contributed by atoms with Crippen LogP contribution in [0.25, 0.3) is 0 Å². The Morgan fingerprint density at radius 3 is 2.38 bits per heavy atom. The van der Waals surface area contributed by atoms with Crippen LogP contribution in [0.4, 0.5) is 36.3 Å². The van der Waals surface area contributed by atoms with Gasteiger partial charge in [0.15, 0.2) is 23.3 Å². The van der Waals surface area contributed by atoms with Crippen molar-refractivity contribution in [2.45, 2.75) is 6.92 Å². The number of rotatable bonds is 4. The molecular weight excluding hydrogens is 319 g/mol. The van der Waals surface area contributed by atoms with Crippen molar-refractivity contribution in [3.63, 3.8) is 0 Å². The summed E-state index contributed by atoms with van der Waals surface area (Å²) >= 11 is 0. The van der Waals surface area contributed by atoms with E-state index in [0.29, 0.717) is 0 Å². The van der Waals surface area contributed by atoms with Gasteiger partial charge in [0.1, 0.15) is 0 Å². The summed E-state index contributed by atoms with van der Waals surface area (Å²) in [5, 5.41) is 13.0. The van der Waals surface area contributed by atoms with Crippen molar-refractivity contribution in [3.05, 3.63) is 65.6 Å². The second-order valence-electron chi connectivity index (χ2n) is 5.00. The molecule has 24 heavy (non-hydrogen) atoms. The molecule has 2 aromatic carbocycles. The van der Waals surface area contributed by atoms with Gasteiger partial charge in [-0.25, -0.2) is 13.2 Å². The van der Waals surface area contributed by atoms with Gasteiger partial charge in [0.2, 0.25) is 5.95 Å². The van der Waals surface area contributed by atoms with Crippen molar-refractivity contribution in [1.82, 2.24) is 15.2 Å². The second-order valence-corrected chi connectivity index (χ2v) is 5.00. The normalized spacial score (nSPS) is 10.5. The summed E-state index contributed by atoms with van der Waals surface area (Å²) in [6.45, 7) is 1.96. The summed E-state index contributed by atoms with van der Waals surface area (Å²) in [4.78, 5) is 4.10. The van der Waals surface area contributed by atoms with Crippen molar-refractivity contribution < 1.29 is 13.2 Å². The summed E-state index contributed by atoms with van der Waals surface area (Å²) < 4.78 is 39.9. The minimum Gasteiger partial charge on any atom is -0.336 e. The van der Waals surface area contributed by atoms with Crippen LogP contribution in [0.3, 0.4) is 0 Å². The van der Waals surface area contributed by atoms with E-state index in [-0.39, 0.29) is 17.5 Å². The topological polar surface area (TPSA) is 62.7 Å². The van der Waals surface area contributed by atoms with Crippen LogP contribution in [-0.2, 0) is 0 Å². The van der Waals surface area contributed by atoms with Gasteiger partial charge in [-0.2, -0.15) is 10.1 Å². The van der Waals surface area contributed by atoms with Crippen molar-refractivity contribution in [1.29, 1.82) is 0 Å². The average Bonchev–Trinajstić information content (AvgIpc) is 2.58. The molecule has 3 rings (SSSR count). The molecule has 2 N–H and O–H groups in total. The summed E-state index contributed by atoms with van der Waals surface area (Å²) in [6, 6.07) is 9.40. The van der Waals surface area contributed by atoms with Crippen LogP contribution in [0.1, 0.15) is 5.56 Å². The van der Waals surface area contributed by atoms with E-state index in [1.165, 1.54) is 6.20 Å². The van der Waals surface area contributed by atoms with E-state index in [2.05, 4.69) is 25.8 Å². The maximum absolute atomic E-state index is 13.7. The number of aromatic nitrogens is 3. The molecule has 0 fully saturated rings. The molecule has 0 aliphatic heterocycles. The number of anilines is 4. The van der Waals surface area contributed by atoms with Gasteiger partial charge in [0.25, 0.3) is 0 Å². The maximum atomic E-state index is 13.7. The van der Waals surface area contributed by atoms with Gasteiger partial charge >= 0.3 is 0 Å². The zero-order chi connectivity index (χ0) is 17.1. The summed E-state index contributed by atoms with van der Waals surface area (Å²) in [6.07, 6.45) is 1.24. The monoisotopic (exact) mass is 331 g/mol. The Kier molecular flexibility index (Phi) is 4.28. The number of hydrogen-bond donors (Lipinski definition) is 2. The fourth-order valence-electron chi connectivity index (χ4n) is 1.94. The molecule has 3 aromatic rings. The highest BCUT2D eigenvalue weighted by Crippen LogP contribution is 2.23. The SMILES string of the molecule is Cc1ccc(Nc2nncc(Nc3ccc(F)c(F)c3F)n2)cc1. The standard InChI is InChI=1S/C16H12F3N5/c1-9-2-4-10(5-3-9)21-16-23-13(8-20-24-16)22-12-7-6-11(17)14(18)15(12)19/h2-8H,1H3,(H2,21,22,23,24). The molecule has 0 saturated carbocycles. The lowest BCUT2D eigenvalue weighted by Gasteiger charge is -2.09. The highest BCUT2D eigenvalue weighted by molar-refractivity contribution is 5.59. The Morgan fingerprint density at radius 1 is 0.875 bits per heavy atom. The number of halogens is 3. The summed E-state index contributed by atoms with van der Waals surface area (Å²) in [7, 11) is 0. The number of benzene rings is 2. The lowest BCUT2D eigenvalue weighted by molar-refractivity contribution is 0.449. The van der Waals surface area contributed by atoms with Crippen molar-refractivity contribution in [3.8, 4) is 0 Å². The van der Waals surface area contributed by atoms with Gasteiger partial charge in [-0.15, -0.1) is 5.10 Å². The Morgan fingerprint density at radius 2 is 1.62 bits per heavy atom. The molecule has 0 aliphatic carbocycles. The van der Waals surface area contributed by atoms with Crippen LogP contribution in [0.2, 0.25) is 0 Å². The van der Waals surface area contributed by atoms with E-state index >= 15 is 0 Å². The molecule has 8 heteroatoms. The minimum absolute atomic E-state index is 0.129. The molecular formula is C16H12F3N5. The highest BCUT2D eigenvalue weighted by atomic mass is 19.2. The second kappa shape index (κ2) is 6.53. The predicted molar refractivity (Wildman–Crippen MR) is 83.9 cm³/mol. The van der Waals surface area contributed by atoms with E-state index in [1.54, 1.807) is 0 Å². The van der Waals surface area contributed by atoms with Crippen molar-refractivity contribution in [2.75, 3.05) is 10.6 Å². The van der Waals surface area contributed by atoms with Gasteiger partial charge in [-0.1, -0.05) is 17.7 Å². The third-order valence-electron chi connectivity index (χ3n) is 3.16. The number of hydrogen-bond acceptors (Lipinski definition) is 5. The molecule has 1 heterocycles. The number of aryl methyl sites for hydroxylation is 1. The molecule has 0 unspecified atom stereocenters. The Bertz CT molecular complexity index is 868. The number of nitrogens with zero attached hydrogens (tertiary/aromatic N) is 3. The van der Waals surface area contributed by atoms with E-state index in [4.69, 9.17) is 0 Å². The van der Waals surface area contributed by atoms with Crippen LogP contribution < -0.4 is 10.6 Å². The van der Waals surface area contributed by atoms with Gasteiger partial charge < -0.3 is 10.6 Å². The largest absolute Gasteiger partial charge is 0.336 e. The predicted octanol–water partition coefficient (Wildman–Crippen LogP) is 4.08. The zero-order valence-corrected chi connectivity index (χ0v) is 12.5. The summed E-state index contributed by atoms with van der Waals surface area (Å²) in [5.74, 6) is -3.85. The lowest BCUT2D eigenvalue weighted by Crippen LogP contribution is -2.04. The molecule has 122 valence electrons. The number of nitrogens with one attached hydrogen (secondary N) is 2. The molecule has 0 bridgehead atoms. The first-order chi connectivity index (χ1) is 11.5. The van der Waals surface area contributed by atoms with E-state index < -0.39 is 17.5 Å². The smallest absolute Gasteiger partial charge is 0.249 e. The fraction of sp³-hybridized carbons (Fsp3) is 0.0625. The van der Waals surface area contributed by atoms with Crippen molar-refractivity contribution >= 4 is 23.1 Å². The van der Waals surface area contributed by atoms with Gasteiger partial charge in [0, 0.05) is 5.69 Å². The van der Waals surface area contributed by atoms with Gasteiger partial charge in [0.05, 0.1) is 11.9 Å².